The van der Waals surface area contributed by atoms with Gasteiger partial charge in [-0.15, -0.1) is 0 Å². The molecule has 0 N–H and O–H groups in total. The van der Waals surface area contributed by atoms with E-state index in [2.05, 4.69) is 39.1 Å². The molecule has 42 heavy (non-hydrogen) atoms. The number of ether oxygens (including phenoxy) is 1. The van der Waals surface area contributed by atoms with Crippen molar-refractivity contribution in [2.75, 3.05) is 26.2 Å². The molecule has 1 fully saturated rings. The van der Waals surface area contributed by atoms with Gasteiger partial charge in [0.15, 0.2) is 0 Å². The van der Waals surface area contributed by atoms with Crippen LogP contribution in [0.4, 0.5) is 0 Å². The average Bonchev–Trinajstić information content (AvgIpc) is 2.98. The van der Waals surface area contributed by atoms with Gasteiger partial charge < -0.3 is 24.5 Å². The van der Waals surface area contributed by atoms with E-state index in [0.717, 1.165) is 66.7 Å². The number of hydrogen-bond acceptors (Lipinski definition) is 9. The molecule has 1 aromatic carbocycles. The Morgan fingerprint density at radius 1 is 0.738 bits per heavy atom. The third-order valence-corrected chi connectivity index (χ3v) is 5.99. The maximum atomic E-state index is 8.89. The minimum atomic E-state index is -1.08. The van der Waals surface area contributed by atoms with E-state index < -0.39 is 11.9 Å². The van der Waals surface area contributed by atoms with Crippen molar-refractivity contribution in [3.05, 3.63) is 85.2 Å². The molecule has 1 aliphatic heterocycles. The number of carbonyl (C=O) groups is 2. The maximum Gasteiger partial charge on any atom is 2.00 e. The summed E-state index contributed by atoms with van der Waals surface area (Å²) in [6.45, 7) is 6.05. The van der Waals surface area contributed by atoms with E-state index in [0.29, 0.717) is 0 Å². The largest absolute Gasteiger partial charge is 2.00 e. The van der Waals surface area contributed by atoms with Crippen molar-refractivity contribution in [3.63, 3.8) is 0 Å². The predicted molar refractivity (Wildman–Crippen MR) is 153 cm³/mol. The van der Waals surface area contributed by atoms with E-state index >= 15 is 0 Å². The number of rotatable bonds is 7. The molecule has 1 radical (unpaired) electrons. The molecule has 223 valence electrons. The second kappa shape index (κ2) is 18.3. The summed E-state index contributed by atoms with van der Waals surface area (Å²) in [6, 6.07) is 24.2. The molecule has 4 heterocycles. The first kappa shape index (κ1) is 34.1. The predicted octanol–water partition coefficient (Wildman–Crippen LogP) is 3.25. The summed E-state index contributed by atoms with van der Waals surface area (Å²) in [7, 11) is 0. The van der Waals surface area contributed by atoms with Crippen molar-refractivity contribution in [2.24, 2.45) is 0 Å². The van der Waals surface area contributed by atoms with Crippen molar-refractivity contribution in [1.29, 1.82) is 0 Å². The third-order valence-electron chi connectivity index (χ3n) is 5.99. The van der Waals surface area contributed by atoms with Crippen LogP contribution in [0.3, 0.4) is 0 Å². The topological polar surface area (TPSA) is 131 Å². The first-order valence-electron chi connectivity index (χ1n) is 13.5. The fraction of sp³-hybridized carbons (Fsp3) is 0.281. The van der Waals surface area contributed by atoms with Gasteiger partial charge in [-0.2, -0.15) is 0 Å². The summed E-state index contributed by atoms with van der Waals surface area (Å²) >= 11 is 0. The standard InChI is InChI=1S/C28H28N4O.2C2H4O2.Cu/c1-6-16-32(17-7-1)18-19-33-24-12-10-22(11-13-24)23-20-27(25-8-2-4-14-29-25)31-28(21-23)26-9-3-5-15-30-26;2*1-2(3)4;/h2-5,8-15,20-21H,1,6-7,16-19H2;2*1H3,(H,3,4);/q;;;+2/p-2. The van der Waals surface area contributed by atoms with Crippen molar-refractivity contribution < 1.29 is 41.6 Å². The smallest absolute Gasteiger partial charge is 0.550 e. The molecule has 4 aromatic rings. The quantitative estimate of drug-likeness (QED) is 0.287. The number of carbonyl (C=O) groups excluding carboxylic acids is 2. The number of carboxylic acids is 2. The van der Waals surface area contributed by atoms with E-state index in [1.807, 2.05) is 48.5 Å². The fourth-order valence-electron chi connectivity index (χ4n) is 4.21. The molecule has 5 rings (SSSR count). The number of likely N-dealkylation sites (tertiary alicyclic amines) is 1. The SMILES string of the molecule is CC(=O)[O-].CC(=O)[O-].[Cu+2].c1ccc(-c2cc(-c3ccc(OCCN4CCCCC4)cc3)cc(-c3ccccn3)n2)nc1. The molecule has 10 heteroatoms. The van der Waals surface area contributed by atoms with Crippen molar-refractivity contribution in [3.8, 4) is 39.7 Å². The van der Waals surface area contributed by atoms with Gasteiger partial charge in [-0.1, -0.05) is 30.7 Å². The molecule has 9 nitrogen and oxygen atoms in total. The molecule has 0 bridgehead atoms. The number of carboxylic acid groups (broad SMARTS) is 2. The third kappa shape index (κ3) is 12.2. The first-order chi connectivity index (χ1) is 19.8. The van der Waals surface area contributed by atoms with Crippen LogP contribution in [-0.4, -0.2) is 58.0 Å². The zero-order valence-corrected chi connectivity index (χ0v) is 24.6. The molecular formula is C32H34CuN4O5. The van der Waals surface area contributed by atoms with Gasteiger partial charge in [0.25, 0.3) is 0 Å². The van der Waals surface area contributed by atoms with Gasteiger partial charge in [0, 0.05) is 30.9 Å². The molecule has 0 unspecified atom stereocenters. The Hall–Kier alpha value is -4.11. The zero-order chi connectivity index (χ0) is 29.5. The van der Waals surface area contributed by atoms with Crippen LogP contribution in [0.25, 0.3) is 33.9 Å². The van der Waals surface area contributed by atoms with Crippen LogP contribution >= 0.6 is 0 Å². The van der Waals surface area contributed by atoms with Crippen LogP contribution < -0.4 is 14.9 Å². The summed E-state index contributed by atoms with van der Waals surface area (Å²) in [5.74, 6) is -1.26. The Bertz CT molecular complexity index is 1290. The Balaban J connectivity index is 0.000000612. The van der Waals surface area contributed by atoms with Crippen LogP contribution in [0.2, 0.25) is 0 Å². The molecule has 0 amide bonds. The average molecular weight is 618 g/mol. The van der Waals surface area contributed by atoms with Crippen LogP contribution in [-0.2, 0) is 26.7 Å². The number of aromatic nitrogens is 3. The first-order valence-corrected chi connectivity index (χ1v) is 13.5. The number of hydrogen-bond donors (Lipinski definition) is 0. The van der Waals surface area contributed by atoms with E-state index in [9.17, 15) is 0 Å². The van der Waals surface area contributed by atoms with E-state index in [1.165, 1.54) is 32.4 Å². The van der Waals surface area contributed by atoms with Gasteiger partial charge in [0.05, 0.1) is 22.8 Å². The number of nitrogens with zero attached hydrogens (tertiary/aromatic N) is 4. The summed E-state index contributed by atoms with van der Waals surface area (Å²) in [5.41, 5.74) is 5.52. The van der Waals surface area contributed by atoms with Gasteiger partial charge in [-0.3, -0.25) is 14.9 Å². The number of piperidine rings is 1. The normalized spacial score (nSPS) is 12.3. The van der Waals surface area contributed by atoms with Crippen LogP contribution in [0.15, 0.2) is 85.2 Å². The number of aliphatic carboxylic acids is 2. The van der Waals surface area contributed by atoms with Gasteiger partial charge >= 0.3 is 17.1 Å². The van der Waals surface area contributed by atoms with Gasteiger partial charge in [-0.25, -0.2) is 4.98 Å². The summed E-state index contributed by atoms with van der Waals surface area (Å²) in [6.07, 6.45) is 7.56. The Morgan fingerprint density at radius 2 is 1.24 bits per heavy atom. The van der Waals surface area contributed by atoms with Crippen molar-refractivity contribution in [1.82, 2.24) is 19.9 Å². The second-order valence-corrected chi connectivity index (χ2v) is 9.31. The molecule has 1 saturated heterocycles. The Morgan fingerprint density at radius 3 is 1.69 bits per heavy atom. The van der Waals surface area contributed by atoms with E-state index in [-0.39, 0.29) is 17.1 Å². The fourth-order valence-corrected chi connectivity index (χ4v) is 4.21. The second-order valence-electron chi connectivity index (χ2n) is 9.31. The molecule has 3 aromatic heterocycles. The maximum absolute atomic E-state index is 8.89. The Kier molecular flexibility index (Phi) is 14.9. The van der Waals surface area contributed by atoms with Crippen LogP contribution in [0, 0.1) is 0 Å². The minimum Gasteiger partial charge on any atom is -0.550 e. The monoisotopic (exact) mass is 617 g/mol. The molecule has 0 aliphatic carbocycles. The van der Waals surface area contributed by atoms with Crippen LogP contribution in [0.5, 0.6) is 5.75 Å². The summed E-state index contributed by atoms with van der Waals surface area (Å²) < 4.78 is 6.01. The van der Waals surface area contributed by atoms with Crippen LogP contribution in [0.1, 0.15) is 33.1 Å². The molecular weight excluding hydrogens is 584 g/mol. The zero-order valence-electron chi connectivity index (χ0n) is 23.7. The van der Waals surface area contributed by atoms with Gasteiger partial charge in [0.2, 0.25) is 0 Å². The number of pyridine rings is 3. The van der Waals surface area contributed by atoms with Gasteiger partial charge in [-0.05, 0) is 99.4 Å². The molecule has 0 spiro atoms. The van der Waals surface area contributed by atoms with Gasteiger partial charge in [0.1, 0.15) is 12.4 Å². The Labute approximate surface area is 257 Å². The van der Waals surface area contributed by atoms with E-state index in [4.69, 9.17) is 29.5 Å². The molecule has 0 atom stereocenters. The summed E-state index contributed by atoms with van der Waals surface area (Å²) in [5, 5.41) is 17.8. The summed E-state index contributed by atoms with van der Waals surface area (Å²) in [4.78, 5) is 34.1. The molecule has 0 saturated carbocycles. The number of benzene rings is 1. The minimum absolute atomic E-state index is 0. The van der Waals surface area contributed by atoms with Crippen molar-refractivity contribution in [2.45, 2.75) is 33.1 Å². The van der Waals surface area contributed by atoms with E-state index in [1.54, 1.807) is 12.4 Å². The molecule has 1 aliphatic rings. The van der Waals surface area contributed by atoms with Crippen molar-refractivity contribution >= 4 is 11.9 Å².